The van der Waals surface area contributed by atoms with Gasteiger partial charge in [0.05, 0.1) is 12.1 Å². The molecule has 0 bridgehead atoms. The summed E-state index contributed by atoms with van der Waals surface area (Å²) in [5, 5.41) is 5.98. The Morgan fingerprint density at radius 2 is 2.00 bits per heavy atom. The van der Waals surface area contributed by atoms with Crippen molar-refractivity contribution >= 4 is 10.9 Å². The average Bonchev–Trinajstić information content (AvgIpc) is 3.28. The molecule has 1 heterocycles. The molecule has 1 aromatic carbocycles. The summed E-state index contributed by atoms with van der Waals surface area (Å²) in [5.41, 5.74) is 2.39. The summed E-state index contributed by atoms with van der Waals surface area (Å²) in [4.78, 5) is 0. The maximum absolute atomic E-state index is 6.07. The van der Waals surface area contributed by atoms with Crippen molar-refractivity contribution in [3.63, 3.8) is 0 Å². The SMILES string of the molecule is CC(C)c1cc(OC2CC2)c2nn(C3CC3)cc2c1. The minimum Gasteiger partial charge on any atom is -0.488 e. The first-order valence-electron chi connectivity index (χ1n) is 7.40. The van der Waals surface area contributed by atoms with Gasteiger partial charge in [0.2, 0.25) is 0 Å². The molecule has 19 heavy (non-hydrogen) atoms. The molecule has 4 rings (SSSR count). The second-order valence-electron chi connectivity index (χ2n) is 6.27. The molecule has 3 heteroatoms. The molecule has 0 amide bonds. The van der Waals surface area contributed by atoms with Gasteiger partial charge in [0.1, 0.15) is 11.3 Å². The van der Waals surface area contributed by atoms with Gasteiger partial charge in [0, 0.05) is 11.6 Å². The van der Waals surface area contributed by atoms with E-state index >= 15 is 0 Å². The predicted octanol–water partition coefficient (Wildman–Crippen LogP) is 4.04. The van der Waals surface area contributed by atoms with Crippen LogP contribution in [-0.4, -0.2) is 15.9 Å². The van der Waals surface area contributed by atoms with E-state index in [2.05, 4.69) is 36.9 Å². The van der Waals surface area contributed by atoms with Gasteiger partial charge in [-0.05, 0) is 49.3 Å². The topological polar surface area (TPSA) is 27.1 Å². The van der Waals surface area contributed by atoms with Crippen LogP contribution in [-0.2, 0) is 0 Å². The Morgan fingerprint density at radius 1 is 1.21 bits per heavy atom. The van der Waals surface area contributed by atoms with E-state index in [4.69, 9.17) is 9.84 Å². The third-order valence-electron chi connectivity index (χ3n) is 4.02. The summed E-state index contributed by atoms with van der Waals surface area (Å²) in [6.07, 6.45) is 7.54. The summed E-state index contributed by atoms with van der Waals surface area (Å²) in [5.74, 6) is 1.51. The number of rotatable bonds is 4. The minimum absolute atomic E-state index is 0.427. The molecule has 0 unspecified atom stereocenters. The Hall–Kier alpha value is -1.51. The maximum atomic E-state index is 6.07. The molecule has 0 N–H and O–H groups in total. The summed E-state index contributed by atoms with van der Waals surface area (Å²) in [6, 6.07) is 5.09. The van der Waals surface area contributed by atoms with E-state index in [1.807, 2.05) is 0 Å². The van der Waals surface area contributed by atoms with Crippen LogP contribution in [0.15, 0.2) is 18.3 Å². The fraction of sp³-hybridized carbons (Fsp3) is 0.562. The van der Waals surface area contributed by atoms with Gasteiger partial charge < -0.3 is 4.74 Å². The van der Waals surface area contributed by atoms with Gasteiger partial charge in [-0.15, -0.1) is 0 Å². The van der Waals surface area contributed by atoms with E-state index in [1.54, 1.807) is 0 Å². The summed E-state index contributed by atoms with van der Waals surface area (Å²) < 4.78 is 8.20. The summed E-state index contributed by atoms with van der Waals surface area (Å²) in [7, 11) is 0. The van der Waals surface area contributed by atoms with Crippen LogP contribution in [0.4, 0.5) is 0 Å². The van der Waals surface area contributed by atoms with Crippen molar-refractivity contribution in [3.8, 4) is 5.75 Å². The lowest BCUT2D eigenvalue weighted by Crippen LogP contribution is -1.99. The number of benzene rings is 1. The zero-order valence-electron chi connectivity index (χ0n) is 11.6. The number of ether oxygens (including phenoxy) is 1. The van der Waals surface area contributed by atoms with Crippen molar-refractivity contribution in [2.75, 3.05) is 0 Å². The number of hydrogen-bond donors (Lipinski definition) is 0. The van der Waals surface area contributed by atoms with Crippen molar-refractivity contribution in [2.24, 2.45) is 0 Å². The Labute approximate surface area is 113 Å². The quantitative estimate of drug-likeness (QED) is 0.825. The monoisotopic (exact) mass is 256 g/mol. The molecule has 0 saturated heterocycles. The van der Waals surface area contributed by atoms with E-state index < -0.39 is 0 Å². The molecular weight excluding hydrogens is 236 g/mol. The van der Waals surface area contributed by atoms with Crippen molar-refractivity contribution in [3.05, 3.63) is 23.9 Å². The van der Waals surface area contributed by atoms with E-state index in [0.717, 1.165) is 11.3 Å². The molecule has 2 aliphatic carbocycles. The van der Waals surface area contributed by atoms with E-state index in [1.165, 1.54) is 36.6 Å². The van der Waals surface area contributed by atoms with Crippen LogP contribution < -0.4 is 4.74 Å². The van der Waals surface area contributed by atoms with Crippen LogP contribution >= 0.6 is 0 Å². The Morgan fingerprint density at radius 3 is 2.63 bits per heavy atom. The summed E-state index contributed by atoms with van der Waals surface area (Å²) in [6.45, 7) is 4.46. The van der Waals surface area contributed by atoms with Crippen molar-refractivity contribution in [2.45, 2.75) is 57.6 Å². The molecular formula is C16H20N2O. The van der Waals surface area contributed by atoms with Gasteiger partial charge in [-0.1, -0.05) is 13.8 Å². The van der Waals surface area contributed by atoms with Gasteiger partial charge in [-0.25, -0.2) is 0 Å². The van der Waals surface area contributed by atoms with Gasteiger partial charge in [0.25, 0.3) is 0 Å². The fourth-order valence-corrected chi connectivity index (χ4v) is 2.46. The van der Waals surface area contributed by atoms with Crippen LogP contribution in [0.1, 0.15) is 57.1 Å². The highest BCUT2D eigenvalue weighted by molar-refractivity contribution is 5.85. The Bertz CT molecular complexity index is 621. The third-order valence-corrected chi connectivity index (χ3v) is 4.02. The number of hydrogen-bond acceptors (Lipinski definition) is 2. The second kappa shape index (κ2) is 3.99. The lowest BCUT2D eigenvalue weighted by molar-refractivity contribution is 0.305. The first kappa shape index (κ1) is 11.3. The number of nitrogens with zero attached hydrogens (tertiary/aromatic N) is 2. The van der Waals surface area contributed by atoms with Crippen molar-refractivity contribution in [1.29, 1.82) is 0 Å². The smallest absolute Gasteiger partial charge is 0.148 e. The van der Waals surface area contributed by atoms with Crippen molar-refractivity contribution in [1.82, 2.24) is 9.78 Å². The molecule has 0 spiro atoms. The summed E-state index contributed by atoms with van der Waals surface area (Å²) >= 11 is 0. The van der Waals surface area contributed by atoms with Crippen LogP contribution in [0.3, 0.4) is 0 Å². The van der Waals surface area contributed by atoms with E-state index in [-0.39, 0.29) is 0 Å². The average molecular weight is 256 g/mol. The molecule has 2 aromatic rings. The molecule has 0 aliphatic heterocycles. The lowest BCUT2D eigenvalue weighted by atomic mass is 10.0. The highest BCUT2D eigenvalue weighted by Crippen LogP contribution is 2.38. The van der Waals surface area contributed by atoms with Crippen molar-refractivity contribution < 1.29 is 4.74 Å². The van der Waals surface area contributed by atoms with Gasteiger partial charge in [-0.3, -0.25) is 4.68 Å². The van der Waals surface area contributed by atoms with Crippen LogP contribution in [0.5, 0.6) is 5.75 Å². The zero-order chi connectivity index (χ0) is 13.0. The first-order chi connectivity index (χ1) is 9.20. The largest absolute Gasteiger partial charge is 0.488 e. The molecule has 2 fully saturated rings. The third kappa shape index (κ3) is 2.11. The molecule has 1 aromatic heterocycles. The molecule has 0 radical (unpaired) electrons. The standard InChI is InChI=1S/C16H20N2O/c1-10(2)11-7-12-9-18(13-3-4-13)17-16(12)15(8-11)19-14-5-6-14/h7-10,13-14H,3-6H2,1-2H3. The van der Waals surface area contributed by atoms with Crippen LogP contribution in [0.2, 0.25) is 0 Å². The lowest BCUT2D eigenvalue weighted by Gasteiger charge is -2.10. The van der Waals surface area contributed by atoms with E-state index in [0.29, 0.717) is 18.1 Å². The maximum Gasteiger partial charge on any atom is 0.148 e. The normalized spacial score (nSPS) is 19.3. The molecule has 100 valence electrons. The molecule has 2 aliphatic rings. The Balaban J connectivity index is 1.83. The second-order valence-corrected chi connectivity index (χ2v) is 6.27. The van der Waals surface area contributed by atoms with Crippen LogP contribution in [0, 0.1) is 0 Å². The number of fused-ring (bicyclic) bond motifs is 1. The number of aromatic nitrogens is 2. The fourth-order valence-electron chi connectivity index (χ4n) is 2.46. The Kier molecular flexibility index (Phi) is 2.38. The molecule has 2 saturated carbocycles. The van der Waals surface area contributed by atoms with Crippen LogP contribution in [0.25, 0.3) is 10.9 Å². The van der Waals surface area contributed by atoms with E-state index in [9.17, 15) is 0 Å². The predicted molar refractivity (Wildman–Crippen MR) is 75.7 cm³/mol. The zero-order valence-corrected chi connectivity index (χ0v) is 11.6. The van der Waals surface area contributed by atoms with Gasteiger partial charge in [0.15, 0.2) is 0 Å². The van der Waals surface area contributed by atoms with Gasteiger partial charge in [-0.2, -0.15) is 5.10 Å². The molecule has 3 nitrogen and oxygen atoms in total. The van der Waals surface area contributed by atoms with Gasteiger partial charge >= 0.3 is 0 Å². The molecule has 0 atom stereocenters. The highest BCUT2D eigenvalue weighted by atomic mass is 16.5. The first-order valence-corrected chi connectivity index (χ1v) is 7.40. The minimum atomic E-state index is 0.427. The highest BCUT2D eigenvalue weighted by Gasteiger charge is 2.28.